The van der Waals surface area contributed by atoms with E-state index in [1.807, 2.05) is 18.2 Å². The van der Waals surface area contributed by atoms with Gasteiger partial charge in [0.2, 0.25) is 0 Å². The fourth-order valence-corrected chi connectivity index (χ4v) is 3.98. The number of hydrogen-bond acceptors (Lipinski definition) is 4. The van der Waals surface area contributed by atoms with Crippen LogP contribution in [0.2, 0.25) is 0 Å². The first kappa shape index (κ1) is 19.9. The molecular weight excluding hydrogens is 334 g/mol. The summed E-state index contributed by atoms with van der Waals surface area (Å²) in [5.41, 5.74) is 1.13. The molecule has 0 amide bonds. The number of guanidine groups is 1. The van der Waals surface area contributed by atoms with Gasteiger partial charge in [-0.3, -0.25) is 0 Å². The Morgan fingerprint density at radius 2 is 2.20 bits per heavy atom. The molecule has 0 saturated carbocycles. The van der Waals surface area contributed by atoms with Gasteiger partial charge in [0.1, 0.15) is 12.4 Å². The number of ether oxygens (including phenoxy) is 2. The third-order valence-electron chi connectivity index (χ3n) is 4.15. The summed E-state index contributed by atoms with van der Waals surface area (Å²) in [7, 11) is 1.67. The van der Waals surface area contributed by atoms with Crippen molar-refractivity contribution in [2.24, 2.45) is 4.99 Å². The molecule has 0 bridgehead atoms. The third-order valence-corrected chi connectivity index (χ3v) is 5.69. The van der Waals surface area contributed by atoms with Crippen molar-refractivity contribution in [3.8, 4) is 5.75 Å². The lowest BCUT2D eigenvalue weighted by Gasteiger charge is -2.24. The van der Waals surface area contributed by atoms with Gasteiger partial charge in [-0.1, -0.05) is 12.1 Å². The predicted molar refractivity (Wildman–Crippen MR) is 107 cm³/mol. The van der Waals surface area contributed by atoms with E-state index < -0.39 is 0 Å². The molecule has 0 radical (unpaired) electrons. The van der Waals surface area contributed by atoms with Crippen LogP contribution < -0.4 is 15.4 Å². The SMILES string of the molecule is CCNC(=NCc1cccc(OCCOC)c1)NCC1(C)CCCS1. The Bertz CT molecular complexity index is 545. The van der Waals surface area contributed by atoms with Crippen LogP contribution in [0.4, 0.5) is 0 Å². The molecule has 1 unspecified atom stereocenters. The van der Waals surface area contributed by atoms with Crippen molar-refractivity contribution in [2.45, 2.75) is 38.0 Å². The average molecular weight is 366 g/mol. The van der Waals surface area contributed by atoms with Gasteiger partial charge in [0.25, 0.3) is 0 Å². The van der Waals surface area contributed by atoms with Gasteiger partial charge < -0.3 is 20.1 Å². The van der Waals surface area contributed by atoms with E-state index in [4.69, 9.17) is 14.5 Å². The Morgan fingerprint density at radius 1 is 1.32 bits per heavy atom. The number of benzene rings is 1. The molecule has 1 aromatic rings. The second-order valence-corrected chi connectivity index (χ2v) is 8.12. The molecule has 0 aromatic heterocycles. The van der Waals surface area contributed by atoms with Gasteiger partial charge >= 0.3 is 0 Å². The van der Waals surface area contributed by atoms with E-state index >= 15 is 0 Å². The zero-order valence-corrected chi connectivity index (χ0v) is 16.5. The van der Waals surface area contributed by atoms with Crippen LogP contribution in [0.3, 0.4) is 0 Å². The first-order valence-electron chi connectivity index (χ1n) is 9.02. The van der Waals surface area contributed by atoms with Crippen LogP contribution in [0.5, 0.6) is 5.75 Å². The van der Waals surface area contributed by atoms with Gasteiger partial charge in [-0.15, -0.1) is 0 Å². The molecule has 1 aliphatic rings. The molecule has 2 rings (SSSR count). The highest BCUT2D eigenvalue weighted by molar-refractivity contribution is 8.00. The molecule has 1 aromatic carbocycles. The predicted octanol–water partition coefficient (Wildman–Crippen LogP) is 3.05. The number of methoxy groups -OCH3 is 1. The lowest BCUT2D eigenvalue weighted by Crippen LogP contribution is -2.43. The second kappa shape index (κ2) is 10.6. The van der Waals surface area contributed by atoms with Crippen molar-refractivity contribution in [1.82, 2.24) is 10.6 Å². The average Bonchev–Trinajstić information content (AvgIpc) is 3.05. The van der Waals surface area contributed by atoms with Crippen LogP contribution in [0.1, 0.15) is 32.3 Å². The molecule has 2 N–H and O–H groups in total. The van der Waals surface area contributed by atoms with Gasteiger partial charge in [0, 0.05) is 24.9 Å². The molecule has 0 aliphatic carbocycles. The normalized spacial score (nSPS) is 20.5. The van der Waals surface area contributed by atoms with Crippen LogP contribution in [-0.2, 0) is 11.3 Å². The lowest BCUT2D eigenvalue weighted by molar-refractivity contribution is 0.146. The van der Waals surface area contributed by atoms with Crippen LogP contribution in [0, 0.1) is 0 Å². The van der Waals surface area contributed by atoms with Gasteiger partial charge in [-0.2, -0.15) is 11.8 Å². The number of thioether (sulfide) groups is 1. The fourth-order valence-electron chi connectivity index (χ4n) is 2.74. The van der Waals surface area contributed by atoms with Crippen molar-refractivity contribution >= 4 is 17.7 Å². The van der Waals surface area contributed by atoms with Crippen molar-refractivity contribution in [3.63, 3.8) is 0 Å². The van der Waals surface area contributed by atoms with E-state index in [0.717, 1.165) is 30.4 Å². The molecule has 1 atom stereocenters. The van der Waals surface area contributed by atoms with E-state index in [0.29, 0.717) is 24.5 Å². The van der Waals surface area contributed by atoms with E-state index in [1.54, 1.807) is 7.11 Å². The highest BCUT2D eigenvalue weighted by Crippen LogP contribution is 2.36. The maximum absolute atomic E-state index is 5.66. The first-order valence-corrected chi connectivity index (χ1v) is 10.0. The topological polar surface area (TPSA) is 54.9 Å². The van der Waals surface area contributed by atoms with Crippen LogP contribution in [0.25, 0.3) is 0 Å². The van der Waals surface area contributed by atoms with Gasteiger partial charge in [0.15, 0.2) is 5.96 Å². The third kappa shape index (κ3) is 7.16. The maximum Gasteiger partial charge on any atom is 0.191 e. The maximum atomic E-state index is 5.66. The first-order chi connectivity index (χ1) is 12.1. The quantitative estimate of drug-likeness (QED) is 0.400. The van der Waals surface area contributed by atoms with Crippen molar-refractivity contribution in [1.29, 1.82) is 0 Å². The van der Waals surface area contributed by atoms with Crippen LogP contribution >= 0.6 is 11.8 Å². The Morgan fingerprint density at radius 3 is 2.92 bits per heavy atom. The molecule has 6 heteroatoms. The molecule has 5 nitrogen and oxygen atoms in total. The Kier molecular flexibility index (Phi) is 8.41. The molecule has 1 aliphatic heterocycles. The van der Waals surface area contributed by atoms with E-state index in [-0.39, 0.29) is 0 Å². The van der Waals surface area contributed by atoms with Gasteiger partial charge in [-0.25, -0.2) is 4.99 Å². The zero-order valence-electron chi connectivity index (χ0n) is 15.6. The van der Waals surface area contributed by atoms with Gasteiger partial charge in [-0.05, 0) is 50.1 Å². The van der Waals surface area contributed by atoms with E-state index in [1.165, 1.54) is 18.6 Å². The van der Waals surface area contributed by atoms with Gasteiger partial charge in [0.05, 0.1) is 13.2 Å². The van der Waals surface area contributed by atoms with Crippen LogP contribution in [-0.4, -0.2) is 49.9 Å². The minimum atomic E-state index is 0.325. The molecule has 25 heavy (non-hydrogen) atoms. The fraction of sp³-hybridized carbons (Fsp3) is 0.632. The number of nitrogens with zero attached hydrogens (tertiary/aromatic N) is 1. The summed E-state index contributed by atoms with van der Waals surface area (Å²) in [6.45, 7) is 8.01. The summed E-state index contributed by atoms with van der Waals surface area (Å²) in [6.07, 6.45) is 2.58. The Balaban J connectivity index is 1.90. The summed E-state index contributed by atoms with van der Waals surface area (Å²) in [6, 6.07) is 8.08. The lowest BCUT2D eigenvalue weighted by atomic mass is 10.1. The highest BCUT2D eigenvalue weighted by atomic mass is 32.2. The van der Waals surface area contributed by atoms with E-state index in [9.17, 15) is 0 Å². The number of nitrogens with one attached hydrogen (secondary N) is 2. The molecular formula is C19H31N3O2S. The summed E-state index contributed by atoms with van der Waals surface area (Å²) in [5.74, 6) is 3.00. The summed E-state index contributed by atoms with van der Waals surface area (Å²) >= 11 is 2.06. The summed E-state index contributed by atoms with van der Waals surface area (Å²) in [5, 5.41) is 6.83. The van der Waals surface area contributed by atoms with Crippen molar-refractivity contribution in [3.05, 3.63) is 29.8 Å². The molecule has 1 saturated heterocycles. The monoisotopic (exact) mass is 365 g/mol. The van der Waals surface area contributed by atoms with Crippen molar-refractivity contribution in [2.75, 3.05) is 39.2 Å². The van der Waals surface area contributed by atoms with Crippen LogP contribution in [0.15, 0.2) is 29.3 Å². The minimum absolute atomic E-state index is 0.325. The standard InChI is InChI=1S/C19H31N3O2S/c1-4-20-18(22-15-19(2)9-6-12-25-19)21-14-16-7-5-8-17(13-16)24-11-10-23-3/h5,7-8,13H,4,6,9-12,14-15H2,1-3H3,(H2,20,21,22). The second-order valence-electron chi connectivity index (χ2n) is 6.44. The molecule has 1 heterocycles. The van der Waals surface area contributed by atoms with Crippen molar-refractivity contribution < 1.29 is 9.47 Å². The van der Waals surface area contributed by atoms with E-state index in [2.05, 4.69) is 42.3 Å². The summed E-state index contributed by atoms with van der Waals surface area (Å²) in [4.78, 5) is 4.72. The largest absolute Gasteiger partial charge is 0.491 e. The molecule has 1 fully saturated rings. The summed E-state index contributed by atoms with van der Waals surface area (Å²) < 4.78 is 11.0. The Labute approximate surface area is 156 Å². The Hall–Kier alpha value is -1.40. The highest BCUT2D eigenvalue weighted by Gasteiger charge is 2.29. The molecule has 140 valence electrons. The smallest absolute Gasteiger partial charge is 0.191 e. The zero-order chi connectivity index (χ0) is 18.0. The number of rotatable bonds is 9. The minimum Gasteiger partial charge on any atom is -0.491 e. The number of hydrogen-bond donors (Lipinski definition) is 2. The molecule has 0 spiro atoms. The number of aliphatic imine (C=N–C) groups is 1.